The number of ether oxygens (including phenoxy) is 1. The molecule has 1 aliphatic rings. The normalized spacial score (nSPS) is 14.2. The number of rotatable bonds is 9. The van der Waals surface area contributed by atoms with Crippen LogP contribution in [0.4, 0.5) is 4.39 Å². The van der Waals surface area contributed by atoms with Crippen molar-refractivity contribution in [3.8, 4) is 0 Å². The molecule has 0 heterocycles. The molecule has 136 valence electrons. The number of nitrogens with one attached hydrogen (secondary N) is 1. The number of halogens is 2. The van der Waals surface area contributed by atoms with Gasteiger partial charge in [-0.15, -0.1) is 24.0 Å². The van der Waals surface area contributed by atoms with Crippen molar-refractivity contribution >= 4 is 29.9 Å². The van der Waals surface area contributed by atoms with Crippen LogP contribution < -0.4 is 5.32 Å². The van der Waals surface area contributed by atoms with Crippen LogP contribution >= 0.6 is 24.0 Å². The van der Waals surface area contributed by atoms with Crippen LogP contribution in [0.15, 0.2) is 29.3 Å². The highest BCUT2D eigenvalue weighted by molar-refractivity contribution is 14.0. The van der Waals surface area contributed by atoms with E-state index in [2.05, 4.69) is 10.3 Å². The first-order chi connectivity index (χ1) is 11.2. The Kier molecular flexibility index (Phi) is 10.2. The summed E-state index contributed by atoms with van der Waals surface area (Å²) in [7, 11) is 1.97. The molecule has 1 aromatic carbocycles. The molecule has 0 unspecified atom stereocenters. The molecule has 1 N–H and O–H groups in total. The van der Waals surface area contributed by atoms with E-state index in [1.807, 2.05) is 24.9 Å². The molecular weight excluding hydrogens is 420 g/mol. The minimum absolute atomic E-state index is 0. The van der Waals surface area contributed by atoms with Crippen LogP contribution in [-0.4, -0.2) is 44.2 Å². The predicted molar refractivity (Wildman–Crippen MR) is 107 cm³/mol. The third-order valence-electron chi connectivity index (χ3n) is 3.76. The van der Waals surface area contributed by atoms with Crippen molar-refractivity contribution in [1.82, 2.24) is 10.2 Å². The van der Waals surface area contributed by atoms with Crippen molar-refractivity contribution in [3.05, 3.63) is 35.6 Å². The lowest BCUT2D eigenvalue weighted by molar-refractivity contribution is 0.123. The molecule has 0 aliphatic heterocycles. The average Bonchev–Trinajstić information content (AvgIpc) is 3.33. The zero-order valence-corrected chi connectivity index (χ0v) is 17.0. The Hall–Kier alpha value is -0.890. The molecule has 1 fully saturated rings. The van der Waals surface area contributed by atoms with Crippen molar-refractivity contribution in [2.24, 2.45) is 10.9 Å². The summed E-state index contributed by atoms with van der Waals surface area (Å²) in [5, 5.41) is 3.28. The SMILES string of the molecule is CCNC(=NCCCOCC1CC1)N(C)Cc1cccc(F)c1.I. The van der Waals surface area contributed by atoms with Gasteiger partial charge in [0, 0.05) is 39.9 Å². The lowest BCUT2D eigenvalue weighted by Gasteiger charge is -2.22. The lowest BCUT2D eigenvalue weighted by Crippen LogP contribution is -2.38. The van der Waals surface area contributed by atoms with Crippen LogP contribution in [0.1, 0.15) is 31.7 Å². The van der Waals surface area contributed by atoms with Crippen molar-refractivity contribution in [2.45, 2.75) is 32.7 Å². The topological polar surface area (TPSA) is 36.9 Å². The fourth-order valence-electron chi connectivity index (χ4n) is 2.34. The number of hydrogen-bond acceptors (Lipinski definition) is 2. The van der Waals surface area contributed by atoms with E-state index in [1.165, 1.54) is 18.9 Å². The molecule has 24 heavy (non-hydrogen) atoms. The second-order valence-electron chi connectivity index (χ2n) is 6.09. The number of aliphatic imine (C=N–C) groups is 1. The highest BCUT2D eigenvalue weighted by atomic mass is 127. The third-order valence-corrected chi connectivity index (χ3v) is 3.76. The van der Waals surface area contributed by atoms with Crippen molar-refractivity contribution < 1.29 is 9.13 Å². The van der Waals surface area contributed by atoms with Gasteiger partial charge in [0.2, 0.25) is 0 Å². The quantitative estimate of drug-likeness (QED) is 0.271. The van der Waals surface area contributed by atoms with Crippen molar-refractivity contribution in [1.29, 1.82) is 0 Å². The van der Waals surface area contributed by atoms with E-state index in [0.29, 0.717) is 6.54 Å². The van der Waals surface area contributed by atoms with Gasteiger partial charge in [0.1, 0.15) is 5.82 Å². The van der Waals surface area contributed by atoms with Crippen LogP contribution in [-0.2, 0) is 11.3 Å². The maximum atomic E-state index is 13.3. The molecule has 0 radical (unpaired) electrons. The second-order valence-corrected chi connectivity index (χ2v) is 6.09. The summed E-state index contributed by atoms with van der Waals surface area (Å²) in [6, 6.07) is 6.69. The molecule has 1 aliphatic carbocycles. The summed E-state index contributed by atoms with van der Waals surface area (Å²) < 4.78 is 18.9. The van der Waals surface area contributed by atoms with Gasteiger partial charge >= 0.3 is 0 Å². The summed E-state index contributed by atoms with van der Waals surface area (Å²) >= 11 is 0. The number of benzene rings is 1. The smallest absolute Gasteiger partial charge is 0.193 e. The molecule has 1 aromatic rings. The first-order valence-electron chi connectivity index (χ1n) is 8.50. The largest absolute Gasteiger partial charge is 0.381 e. The average molecular weight is 449 g/mol. The molecule has 2 rings (SSSR count). The van der Waals surface area contributed by atoms with Crippen LogP contribution in [0, 0.1) is 11.7 Å². The molecule has 6 heteroatoms. The van der Waals surface area contributed by atoms with Gasteiger partial charge in [-0.3, -0.25) is 4.99 Å². The monoisotopic (exact) mass is 449 g/mol. The van der Waals surface area contributed by atoms with Gasteiger partial charge in [0.05, 0.1) is 0 Å². The van der Waals surface area contributed by atoms with E-state index < -0.39 is 0 Å². The molecule has 0 amide bonds. The van der Waals surface area contributed by atoms with Crippen molar-refractivity contribution in [2.75, 3.05) is 33.4 Å². The van der Waals surface area contributed by atoms with Gasteiger partial charge < -0.3 is 15.0 Å². The first-order valence-corrected chi connectivity index (χ1v) is 8.50. The molecule has 0 atom stereocenters. The van der Waals surface area contributed by atoms with Crippen LogP contribution in [0.25, 0.3) is 0 Å². The summed E-state index contributed by atoms with van der Waals surface area (Å²) in [6.45, 7) is 5.90. The van der Waals surface area contributed by atoms with Gasteiger partial charge in [-0.2, -0.15) is 0 Å². The van der Waals surface area contributed by atoms with E-state index >= 15 is 0 Å². The Morgan fingerprint density at radius 1 is 1.42 bits per heavy atom. The zero-order valence-electron chi connectivity index (χ0n) is 14.6. The van der Waals surface area contributed by atoms with E-state index in [-0.39, 0.29) is 29.8 Å². The second kappa shape index (κ2) is 11.6. The van der Waals surface area contributed by atoms with Gasteiger partial charge in [0.15, 0.2) is 5.96 Å². The minimum atomic E-state index is -0.203. The molecule has 0 spiro atoms. The fourth-order valence-corrected chi connectivity index (χ4v) is 2.34. The molecule has 0 aromatic heterocycles. The Labute approximate surface area is 161 Å². The summed E-state index contributed by atoms with van der Waals surface area (Å²) in [6.07, 6.45) is 3.58. The maximum absolute atomic E-state index is 13.3. The number of hydrogen-bond donors (Lipinski definition) is 1. The standard InChI is InChI=1S/C18H28FN3O.HI/c1-3-20-18(21-10-5-11-23-14-15-8-9-15)22(2)13-16-6-4-7-17(19)12-16;/h4,6-7,12,15H,3,5,8-11,13-14H2,1-2H3,(H,20,21);1H. The Morgan fingerprint density at radius 2 is 2.21 bits per heavy atom. The predicted octanol–water partition coefficient (Wildman–Crippen LogP) is 3.66. The summed E-state index contributed by atoms with van der Waals surface area (Å²) in [5.41, 5.74) is 0.936. The van der Waals surface area contributed by atoms with Gasteiger partial charge in [-0.05, 0) is 49.8 Å². The van der Waals surface area contributed by atoms with E-state index in [9.17, 15) is 4.39 Å². The molecule has 0 bridgehead atoms. The van der Waals surface area contributed by atoms with Gasteiger partial charge in [-0.1, -0.05) is 12.1 Å². The third kappa shape index (κ3) is 8.28. The van der Waals surface area contributed by atoms with Crippen molar-refractivity contribution in [3.63, 3.8) is 0 Å². The zero-order chi connectivity index (χ0) is 16.5. The highest BCUT2D eigenvalue weighted by Gasteiger charge is 2.20. The van der Waals surface area contributed by atoms with E-state index in [0.717, 1.165) is 50.2 Å². The van der Waals surface area contributed by atoms with Crippen LogP contribution in [0.3, 0.4) is 0 Å². The Morgan fingerprint density at radius 3 is 2.88 bits per heavy atom. The maximum Gasteiger partial charge on any atom is 0.193 e. The first kappa shape index (κ1) is 21.2. The van der Waals surface area contributed by atoms with E-state index in [1.54, 1.807) is 12.1 Å². The van der Waals surface area contributed by atoms with Crippen LogP contribution in [0.2, 0.25) is 0 Å². The summed E-state index contributed by atoms with van der Waals surface area (Å²) in [4.78, 5) is 6.64. The Balaban J connectivity index is 0.00000288. The number of nitrogens with zero attached hydrogens (tertiary/aromatic N) is 2. The highest BCUT2D eigenvalue weighted by Crippen LogP contribution is 2.28. The minimum Gasteiger partial charge on any atom is -0.381 e. The molecular formula is C18H29FIN3O. The number of guanidine groups is 1. The molecule has 4 nitrogen and oxygen atoms in total. The van der Waals surface area contributed by atoms with E-state index in [4.69, 9.17) is 4.74 Å². The van der Waals surface area contributed by atoms with Crippen LogP contribution in [0.5, 0.6) is 0 Å². The summed E-state index contributed by atoms with van der Waals surface area (Å²) in [5.74, 6) is 1.46. The fraction of sp³-hybridized carbons (Fsp3) is 0.611. The van der Waals surface area contributed by atoms with Gasteiger partial charge in [0.25, 0.3) is 0 Å². The lowest BCUT2D eigenvalue weighted by atomic mass is 10.2. The van der Waals surface area contributed by atoms with Gasteiger partial charge in [-0.25, -0.2) is 4.39 Å². The Bertz CT molecular complexity index is 509. The molecule has 0 saturated heterocycles. The molecule has 1 saturated carbocycles.